The normalized spacial score (nSPS) is 10.6. The van der Waals surface area contributed by atoms with Gasteiger partial charge in [-0.05, 0) is 35.2 Å². The van der Waals surface area contributed by atoms with E-state index in [-0.39, 0.29) is 5.91 Å². The van der Waals surface area contributed by atoms with Crippen LogP contribution >= 0.6 is 11.6 Å². The molecule has 1 amide bonds. The lowest BCUT2D eigenvalue weighted by Gasteiger charge is -2.10. The van der Waals surface area contributed by atoms with Crippen LogP contribution in [-0.4, -0.2) is 5.91 Å². The minimum Gasteiger partial charge on any atom is -0.322 e. The molecule has 0 radical (unpaired) electrons. The quantitative estimate of drug-likeness (QED) is 0.804. The Labute approximate surface area is 124 Å². The van der Waals surface area contributed by atoms with Crippen LogP contribution in [0.2, 0.25) is 0 Å². The van der Waals surface area contributed by atoms with Gasteiger partial charge in [0, 0.05) is 17.1 Å². The fourth-order valence-corrected chi connectivity index (χ4v) is 2.24. The number of hydrogen-bond acceptors (Lipinski definition) is 1. The Bertz CT molecular complexity index is 590. The number of amides is 1. The summed E-state index contributed by atoms with van der Waals surface area (Å²) in [6.45, 7) is 4.29. The van der Waals surface area contributed by atoms with Crippen molar-refractivity contribution in [2.45, 2.75) is 25.6 Å². The summed E-state index contributed by atoms with van der Waals surface area (Å²) in [7, 11) is 0. The van der Waals surface area contributed by atoms with E-state index in [1.807, 2.05) is 42.5 Å². The highest BCUT2D eigenvalue weighted by atomic mass is 35.5. The smallest absolute Gasteiger partial charge is 0.255 e. The summed E-state index contributed by atoms with van der Waals surface area (Å²) in [6.07, 6.45) is 0. The summed E-state index contributed by atoms with van der Waals surface area (Å²) >= 11 is 5.85. The summed E-state index contributed by atoms with van der Waals surface area (Å²) in [5.41, 5.74) is 3.51. The van der Waals surface area contributed by atoms with Crippen molar-refractivity contribution in [3.05, 3.63) is 65.2 Å². The number of nitrogens with one attached hydrogen (secondary N) is 1. The molecule has 2 aromatic carbocycles. The largest absolute Gasteiger partial charge is 0.322 e. The van der Waals surface area contributed by atoms with Gasteiger partial charge < -0.3 is 5.32 Å². The third kappa shape index (κ3) is 3.40. The molecule has 0 bridgehead atoms. The van der Waals surface area contributed by atoms with Crippen LogP contribution in [0.15, 0.2) is 48.5 Å². The average Bonchev–Trinajstić information content (AvgIpc) is 2.47. The first kappa shape index (κ1) is 14.6. The lowest BCUT2D eigenvalue weighted by molar-refractivity contribution is 0.102. The number of hydrogen-bond donors (Lipinski definition) is 1. The number of carbonyl (C=O) groups excluding carboxylic acids is 1. The summed E-state index contributed by atoms with van der Waals surface area (Å²) in [5, 5.41) is 2.90. The van der Waals surface area contributed by atoms with E-state index in [2.05, 4.69) is 19.2 Å². The molecule has 0 heterocycles. The van der Waals surface area contributed by atoms with Crippen molar-refractivity contribution >= 4 is 23.2 Å². The SMILES string of the molecule is CC(C)c1ccc(NC(=O)c2ccccc2CCl)cc1. The predicted octanol–water partition coefficient (Wildman–Crippen LogP) is 4.80. The molecular formula is C17H18ClNO. The van der Waals surface area contributed by atoms with Crippen LogP contribution in [0.4, 0.5) is 5.69 Å². The highest BCUT2D eigenvalue weighted by Gasteiger charge is 2.10. The number of rotatable bonds is 4. The van der Waals surface area contributed by atoms with E-state index < -0.39 is 0 Å². The molecule has 2 aromatic rings. The van der Waals surface area contributed by atoms with E-state index in [1.54, 1.807) is 6.07 Å². The van der Waals surface area contributed by atoms with Gasteiger partial charge in [0.1, 0.15) is 0 Å². The first-order valence-electron chi connectivity index (χ1n) is 6.67. The first-order valence-corrected chi connectivity index (χ1v) is 7.20. The zero-order valence-electron chi connectivity index (χ0n) is 11.7. The third-order valence-electron chi connectivity index (χ3n) is 3.24. The molecule has 3 heteroatoms. The Kier molecular flexibility index (Phi) is 4.80. The molecule has 20 heavy (non-hydrogen) atoms. The van der Waals surface area contributed by atoms with Crippen molar-refractivity contribution in [1.29, 1.82) is 0 Å². The van der Waals surface area contributed by atoms with Gasteiger partial charge in [0.15, 0.2) is 0 Å². The second-order valence-electron chi connectivity index (χ2n) is 5.02. The van der Waals surface area contributed by atoms with Gasteiger partial charge in [-0.3, -0.25) is 4.79 Å². The highest BCUT2D eigenvalue weighted by Crippen LogP contribution is 2.18. The molecule has 2 rings (SSSR count). The summed E-state index contributed by atoms with van der Waals surface area (Å²) in [6, 6.07) is 15.3. The molecule has 0 aliphatic carbocycles. The zero-order chi connectivity index (χ0) is 14.5. The molecule has 0 spiro atoms. The van der Waals surface area contributed by atoms with Crippen LogP contribution in [0.25, 0.3) is 0 Å². The molecule has 1 N–H and O–H groups in total. The van der Waals surface area contributed by atoms with Crippen LogP contribution in [0.1, 0.15) is 41.3 Å². The monoisotopic (exact) mass is 287 g/mol. The van der Waals surface area contributed by atoms with Crippen LogP contribution in [0, 0.1) is 0 Å². The standard InChI is InChI=1S/C17H18ClNO/c1-12(2)13-7-9-15(10-8-13)19-17(20)16-6-4-3-5-14(16)11-18/h3-10,12H,11H2,1-2H3,(H,19,20). The molecule has 2 nitrogen and oxygen atoms in total. The molecule has 0 aliphatic heterocycles. The maximum atomic E-state index is 12.2. The second kappa shape index (κ2) is 6.58. The minimum absolute atomic E-state index is 0.126. The fraction of sp³-hybridized carbons (Fsp3) is 0.235. The molecule has 0 saturated carbocycles. The maximum Gasteiger partial charge on any atom is 0.255 e. The Morgan fingerprint density at radius 1 is 1.10 bits per heavy atom. The lowest BCUT2D eigenvalue weighted by atomic mass is 10.0. The van der Waals surface area contributed by atoms with Crippen molar-refractivity contribution in [1.82, 2.24) is 0 Å². The highest BCUT2D eigenvalue weighted by molar-refractivity contribution is 6.18. The first-order chi connectivity index (χ1) is 9.61. The Balaban J connectivity index is 2.15. The van der Waals surface area contributed by atoms with Crippen LogP contribution < -0.4 is 5.32 Å². The summed E-state index contributed by atoms with van der Waals surface area (Å²) in [5.74, 6) is 0.686. The van der Waals surface area contributed by atoms with Crippen LogP contribution in [-0.2, 0) is 5.88 Å². The van der Waals surface area contributed by atoms with Gasteiger partial charge in [0.2, 0.25) is 0 Å². The van der Waals surface area contributed by atoms with E-state index in [0.717, 1.165) is 11.3 Å². The van der Waals surface area contributed by atoms with E-state index in [9.17, 15) is 4.79 Å². The second-order valence-corrected chi connectivity index (χ2v) is 5.29. The van der Waals surface area contributed by atoms with E-state index in [0.29, 0.717) is 17.4 Å². The van der Waals surface area contributed by atoms with Crippen molar-refractivity contribution in [2.24, 2.45) is 0 Å². The van der Waals surface area contributed by atoms with Crippen LogP contribution in [0.3, 0.4) is 0 Å². The van der Waals surface area contributed by atoms with Gasteiger partial charge in [-0.2, -0.15) is 0 Å². The predicted molar refractivity (Wildman–Crippen MR) is 84.5 cm³/mol. The van der Waals surface area contributed by atoms with E-state index >= 15 is 0 Å². The van der Waals surface area contributed by atoms with Gasteiger partial charge in [0.25, 0.3) is 5.91 Å². The van der Waals surface area contributed by atoms with Gasteiger partial charge in [-0.1, -0.05) is 44.2 Å². The Hall–Kier alpha value is -1.80. The molecule has 0 aliphatic rings. The average molecular weight is 288 g/mol. The Morgan fingerprint density at radius 3 is 2.35 bits per heavy atom. The molecule has 104 valence electrons. The van der Waals surface area contributed by atoms with Crippen molar-refractivity contribution < 1.29 is 4.79 Å². The molecule has 0 saturated heterocycles. The van der Waals surface area contributed by atoms with Crippen LogP contribution in [0.5, 0.6) is 0 Å². The van der Waals surface area contributed by atoms with E-state index in [4.69, 9.17) is 11.6 Å². The number of alkyl halides is 1. The van der Waals surface area contributed by atoms with Crippen molar-refractivity contribution in [3.63, 3.8) is 0 Å². The van der Waals surface area contributed by atoms with Gasteiger partial charge >= 0.3 is 0 Å². The number of anilines is 1. The van der Waals surface area contributed by atoms with E-state index in [1.165, 1.54) is 5.56 Å². The van der Waals surface area contributed by atoms with Gasteiger partial charge in [-0.15, -0.1) is 11.6 Å². The van der Waals surface area contributed by atoms with Gasteiger partial charge in [0.05, 0.1) is 0 Å². The number of benzene rings is 2. The molecule has 0 unspecified atom stereocenters. The summed E-state index contributed by atoms with van der Waals surface area (Å²) < 4.78 is 0. The number of carbonyl (C=O) groups is 1. The fourth-order valence-electron chi connectivity index (χ4n) is 2.01. The van der Waals surface area contributed by atoms with Gasteiger partial charge in [-0.25, -0.2) is 0 Å². The Morgan fingerprint density at radius 2 is 1.75 bits per heavy atom. The van der Waals surface area contributed by atoms with Crippen molar-refractivity contribution in [3.8, 4) is 0 Å². The lowest BCUT2D eigenvalue weighted by Crippen LogP contribution is -2.13. The molecular weight excluding hydrogens is 270 g/mol. The molecule has 0 aromatic heterocycles. The summed E-state index contributed by atoms with van der Waals surface area (Å²) in [4.78, 5) is 12.2. The number of halogens is 1. The topological polar surface area (TPSA) is 29.1 Å². The minimum atomic E-state index is -0.126. The molecule has 0 atom stereocenters. The van der Waals surface area contributed by atoms with Crippen molar-refractivity contribution in [2.75, 3.05) is 5.32 Å². The molecule has 0 fully saturated rings. The third-order valence-corrected chi connectivity index (χ3v) is 3.53. The maximum absolute atomic E-state index is 12.2. The zero-order valence-corrected chi connectivity index (χ0v) is 12.4.